The van der Waals surface area contributed by atoms with E-state index in [0.717, 1.165) is 6.42 Å². The average Bonchev–Trinajstić information content (AvgIpc) is 3.10. The first-order valence-corrected chi connectivity index (χ1v) is 10.9. The number of amides is 1. The van der Waals surface area contributed by atoms with E-state index in [-0.39, 0.29) is 24.5 Å². The third kappa shape index (κ3) is 4.52. The van der Waals surface area contributed by atoms with Crippen LogP contribution in [-0.4, -0.2) is 61.8 Å². The van der Waals surface area contributed by atoms with E-state index in [0.29, 0.717) is 48.2 Å². The van der Waals surface area contributed by atoms with Crippen molar-refractivity contribution >= 4 is 17.4 Å². The van der Waals surface area contributed by atoms with E-state index in [1.165, 1.54) is 12.0 Å². The Labute approximate surface area is 192 Å². The maximum absolute atomic E-state index is 13.1. The van der Waals surface area contributed by atoms with Gasteiger partial charge >= 0.3 is 0 Å². The first-order chi connectivity index (χ1) is 16.0. The van der Waals surface area contributed by atoms with Crippen molar-refractivity contribution in [2.75, 3.05) is 40.1 Å². The minimum Gasteiger partial charge on any atom is -0.507 e. The van der Waals surface area contributed by atoms with Crippen molar-refractivity contribution in [1.82, 2.24) is 4.90 Å². The number of fused-ring (bicyclic) bond motifs is 1. The number of aliphatic hydroxyl groups excluding tert-OH is 1. The van der Waals surface area contributed by atoms with Crippen molar-refractivity contribution in [3.05, 3.63) is 59.2 Å². The van der Waals surface area contributed by atoms with Crippen LogP contribution in [0.5, 0.6) is 17.2 Å². The van der Waals surface area contributed by atoms with Gasteiger partial charge in [0.25, 0.3) is 11.7 Å². The van der Waals surface area contributed by atoms with Crippen LogP contribution in [-0.2, 0) is 14.3 Å². The second-order valence-electron chi connectivity index (χ2n) is 7.76. The Bertz CT molecular complexity index is 1080. The molecule has 174 valence electrons. The van der Waals surface area contributed by atoms with Crippen LogP contribution in [0.25, 0.3) is 5.76 Å². The van der Waals surface area contributed by atoms with Crippen molar-refractivity contribution in [2.45, 2.75) is 19.4 Å². The highest BCUT2D eigenvalue weighted by Gasteiger charge is 2.46. The number of ether oxygens (including phenoxy) is 4. The fraction of sp³-hybridized carbons (Fsp3) is 0.360. The molecule has 1 N–H and O–H groups in total. The Morgan fingerprint density at radius 2 is 1.88 bits per heavy atom. The van der Waals surface area contributed by atoms with E-state index in [2.05, 4.69) is 0 Å². The second-order valence-corrected chi connectivity index (χ2v) is 7.76. The van der Waals surface area contributed by atoms with Crippen LogP contribution in [0.2, 0.25) is 0 Å². The maximum Gasteiger partial charge on any atom is 0.295 e. The van der Waals surface area contributed by atoms with Crippen molar-refractivity contribution in [3.8, 4) is 17.2 Å². The van der Waals surface area contributed by atoms with Gasteiger partial charge in [0.05, 0.1) is 24.8 Å². The number of nitrogens with zero attached hydrogens (tertiary/aromatic N) is 1. The number of hydrogen-bond acceptors (Lipinski definition) is 7. The average molecular weight is 453 g/mol. The first kappa shape index (κ1) is 22.7. The van der Waals surface area contributed by atoms with E-state index >= 15 is 0 Å². The van der Waals surface area contributed by atoms with E-state index in [1.54, 1.807) is 30.3 Å². The smallest absolute Gasteiger partial charge is 0.295 e. The van der Waals surface area contributed by atoms with Gasteiger partial charge in [0, 0.05) is 19.2 Å². The number of methoxy groups -OCH3 is 1. The molecule has 2 aliphatic rings. The van der Waals surface area contributed by atoms with Gasteiger partial charge in [0.15, 0.2) is 11.5 Å². The summed E-state index contributed by atoms with van der Waals surface area (Å²) in [5, 5.41) is 11.2. The zero-order valence-electron chi connectivity index (χ0n) is 18.7. The Morgan fingerprint density at radius 1 is 1.09 bits per heavy atom. The van der Waals surface area contributed by atoms with Gasteiger partial charge in [-0.3, -0.25) is 9.59 Å². The monoisotopic (exact) mass is 453 g/mol. The molecular formula is C25H27NO7. The van der Waals surface area contributed by atoms with Crippen LogP contribution < -0.4 is 14.2 Å². The van der Waals surface area contributed by atoms with Gasteiger partial charge in [0.2, 0.25) is 0 Å². The molecule has 0 spiro atoms. The molecule has 0 aliphatic carbocycles. The van der Waals surface area contributed by atoms with Gasteiger partial charge in [-0.1, -0.05) is 19.1 Å². The van der Waals surface area contributed by atoms with Crippen LogP contribution in [0.1, 0.15) is 30.5 Å². The van der Waals surface area contributed by atoms with Gasteiger partial charge in [-0.15, -0.1) is 0 Å². The predicted molar refractivity (Wildman–Crippen MR) is 121 cm³/mol. The van der Waals surface area contributed by atoms with Crippen LogP contribution in [0.15, 0.2) is 48.0 Å². The zero-order valence-corrected chi connectivity index (χ0v) is 18.7. The topological polar surface area (TPSA) is 94.5 Å². The number of ketones is 1. The summed E-state index contributed by atoms with van der Waals surface area (Å²) < 4.78 is 22.0. The van der Waals surface area contributed by atoms with E-state index in [4.69, 9.17) is 18.9 Å². The standard InChI is InChI=1S/C25H27NO7/c1-3-10-31-18-6-4-5-16(14-18)22-21(24(28)25(29)26(22)9-11-30-2)23(27)17-7-8-19-20(15-17)33-13-12-32-19/h4-8,14-15,22,27H,3,9-13H2,1-2H3/t22-/m0/s1. The number of carbonyl (C=O) groups is 2. The normalized spacial score (nSPS) is 19.1. The van der Waals surface area contributed by atoms with Gasteiger partial charge in [-0.25, -0.2) is 0 Å². The van der Waals surface area contributed by atoms with Gasteiger partial charge in [0.1, 0.15) is 24.7 Å². The molecule has 0 bridgehead atoms. The lowest BCUT2D eigenvalue weighted by atomic mass is 9.95. The van der Waals surface area contributed by atoms with Crippen molar-refractivity contribution in [3.63, 3.8) is 0 Å². The number of rotatable bonds is 8. The molecule has 8 nitrogen and oxygen atoms in total. The Kier molecular flexibility index (Phi) is 6.84. The van der Waals surface area contributed by atoms with Gasteiger partial charge in [-0.05, 0) is 42.3 Å². The molecule has 1 atom stereocenters. The lowest BCUT2D eigenvalue weighted by Crippen LogP contribution is -2.32. The summed E-state index contributed by atoms with van der Waals surface area (Å²) in [4.78, 5) is 27.4. The molecule has 0 saturated carbocycles. The third-order valence-corrected chi connectivity index (χ3v) is 5.54. The molecule has 1 amide bonds. The van der Waals surface area contributed by atoms with Crippen molar-refractivity contribution in [2.24, 2.45) is 0 Å². The Morgan fingerprint density at radius 3 is 2.64 bits per heavy atom. The largest absolute Gasteiger partial charge is 0.507 e. The van der Waals surface area contributed by atoms with Crippen LogP contribution in [0.4, 0.5) is 0 Å². The SMILES string of the molecule is CCCOc1cccc([C@H]2C(=C(O)c3ccc4c(c3)OCCO4)C(=O)C(=O)N2CCOC)c1. The molecule has 0 aromatic heterocycles. The quantitative estimate of drug-likeness (QED) is 0.372. The third-order valence-electron chi connectivity index (χ3n) is 5.54. The number of hydrogen-bond donors (Lipinski definition) is 1. The molecule has 2 aromatic rings. The van der Waals surface area contributed by atoms with Crippen LogP contribution in [0.3, 0.4) is 0 Å². The highest BCUT2D eigenvalue weighted by molar-refractivity contribution is 6.46. The van der Waals surface area contributed by atoms with Crippen LogP contribution >= 0.6 is 0 Å². The number of benzene rings is 2. The van der Waals surface area contributed by atoms with Crippen LogP contribution in [0, 0.1) is 0 Å². The highest BCUT2D eigenvalue weighted by atomic mass is 16.6. The summed E-state index contributed by atoms with van der Waals surface area (Å²) in [5.41, 5.74) is 1.05. The zero-order chi connectivity index (χ0) is 23.4. The molecule has 0 unspecified atom stereocenters. The minimum absolute atomic E-state index is 0.0143. The molecule has 2 aliphatic heterocycles. The summed E-state index contributed by atoms with van der Waals surface area (Å²) in [7, 11) is 1.53. The minimum atomic E-state index is -0.779. The molecule has 1 saturated heterocycles. The number of Topliss-reactive ketones (excluding diaryl/α,β-unsaturated/α-hetero) is 1. The number of aliphatic hydroxyl groups is 1. The molecule has 4 rings (SSSR count). The van der Waals surface area contributed by atoms with E-state index in [1.807, 2.05) is 19.1 Å². The highest BCUT2D eigenvalue weighted by Crippen LogP contribution is 2.41. The maximum atomic E-state index is 13.1. The fourth-order valence-electron chi connectivity index (χ4n) is 3.99. The molecule has 8 heteroatoms. The summed E-state index contributed by atoms with van der Waals surface area (Å²) in [6, 6.07) is 11.4. The Balaban J connectivity index is 1.80. The van der Waals surface area contributed by atoms with Crippen molar-refractivity contribution in [1.29, 1.82) is 0 Å². The molecular weight excluding hydrogens is 426 g/mol. The fourth-order valence-corrected chi connectivity index (χ4v) is 3.99. The second kappa shape index (κ2) is 9.95. The molecule has 2 aromatic carbocycles. The summed E-state index contributed by atoms with van der Waals surface area (Å²) in [6.07, 6.45) is 0.848. The lowest BCUT2D eigenvalue weighted by Gasteiger charge is -2.25. The van der Waals surface area contributed by atoms with E-state index in [9.17, 15) is 14.7 Å². The van der Waals surface area contributed by atoms with E-state index < -0.39 is 17.7 Å². The summed E-state index contributed by atoms with van der Waals surface area (Å²) in [5.74, 6) is -0.0263. The summed E-state index contributed by atoms with van der Waals surface area (Å²) >= 11 is 0. The first-order valence-electron chi connectivity index (χ1n) is 10.9. The molecule has 1 fully saturated rings. The number of carbonyl (C=O) groups excluding carboxylic acids is 2. The summed E-state index contributed by atoms with van der Waals surface area (Å²) in [6.45, 7) is 3.84. The van der Waals surface area contributed by atoms with Crippen molar-refractivity contribution < 1.29 is 33.6 Å². The van der Waals surface area contributed by atoms with Gasteiger partial charge in [-0.2, -0.15) is 0 Å². The lowest BCUT2D eigenvalue weighted by molar-refractivity contribution is -0.140. The molecule has 33 heavy (non-hydrogen) atoms. The molecule has 0 radical (unpaired) electrons. The predicted octanol–water partition coefficient (Wildman–Crippen LogP) is 3.31. The Hall–Kier alpha value is -3.52. The number of likely N-dealkylation sites (tertiary alicyclic amines) is 1. The molecule has 2 heterocycles. The van der Waals surface area contributed by atoms with Gasteiger partial charge < -0.3 is 29.0 Å².